The van der Waals surface area contributed by atoms with Crippen LogP contribution in [0.25, 0.3) is 0 Å². The molecule has 0 amide bonds. The highest BCUT2D eigenvalue weighted by molar-refractivity contribution is 5.81. The zero-order chi connectivity index (χ0) is 12.4. The minimum Gasteiger partial charge on any atom is -0.459 e. The number of hydrogen-bond acceptors (Lipinski definition) is 3. The molecule has 16 heavy (non-hydrogen) atoms. The molecule has 0 saturated heterocycles. The van der Waals surface area contributed by atoms with Crippen molar-refractivity contribution in [3.8, 4) is 0 Å². The van der Waals surface area contributed by atoms with E-state index >= 15 is 0 Å². The molecule has 0 radical (unpaired) electrons. The van der Waals surface area contributed by atoms with Crippen molar-refractivity contribution in [3.05, 3.63) is 0 Å². The number of nitrogens with two attached hydrogens (primary N) is 1. The van der Waals surface area contributed by atoms with Crippen LogP contribution in [-0.2, 0) is 9.53 Å². The average molecular weight is 227 g/mol. The van der Waals surface area contributed by atoms with Gasteiger partial charge in [0.25, 0.3) is 0 Å². The predicted molar refractivity (Wildman–Crippen MR) is 65.0 cm³/mol. The lowest BCUT2D eigenvalue weighted by atomic mass is 9.72. The second-order valence-electron chi connectivity index (χ2n) is 5.89. The normalized spacial score (nSPS) is 31.2. The third kappa shape index (κ3) is 2.97. The molecule has 1 aliphatic rings. The lowest BCUT2D eigenvalue weighted by Gasteiger charge is -2.40. The molecule has 3 heteroatoms. The molecule has 3 nitrogen and oxygen atoms in total. The summed E-state index contributed by atoms with van der Waals surface area (Å²) >= 11 is 0. The van der Waals surface area contributed by atoms with E-state index in [9.17, 15) is 4.79 Å². The monoisotopic (exact) mass is 227 g/mol. The Bertz CT molecular complexity index is 257. The topological polar surface area (TPSA) is 52.3 Å². The van der Waals surface area contributed by atoms with E-state index in [1.807, 2.05) is 20.8 Å². The Morgan fingerprint density at radius 2 is 2.06 bits per heavy atom. The molecule has 1 saturated carbocycles. The molecule has 0 spiro atoms. The Hall–Kier alpha value is -0.570. The lowest BCUT2D eigenvalue weighted by Crippen LogP contribution is -2.57. The summed E-state index contributed by atoms with van der Waals surface area (Å²) in [4.78, 5) is 12.2. The molecule has 0 aromatic heterocycles. The highest BCUT2D eigenvalue weighted by atomic mass is 16.6. The van der Waals surface area contributed by atoms with E-state index < -0.39 is 11.1 Å². The zero-order valence-corrected chi connectivity index (χ0v) is 11.0. The molecule has 0 bridgehead atoms. The number of ether oxygens (including phenoxy) is 1. The van der Waals surface area contributed by atoms with Crippen LogP contribution < -0.4 is 5.73 Å². The fourth-order valence-electron chi connectivity index (χ4n) is 2.48. The van der Waals surface area contributed by atoms with Gasteiger partial charge in [-0.25, -0.2) is 0 Å². The Kier molecular flexibility index (Phi) is 4.00. The van der Waals surface area contributed by atoms with Gasteiger partial charge in [0.2, 0.25) is 0 Å². The van der Waals surface area contributed by atoms with Gasteiger partial charge < -0.3 is 10.5 Å². The van der Waals surface area contributed by atoms with E-state index in [4.69, 9.17) is 10.5 Å². The third-order valence-corrected chi connectivity index (χ3v) is 3.39. The van der Waals surface area contributed by atoms with Gasteiger partial charge in [-0.15, -0.1) is 0 Å². The summed E-state index contributed by atoms with van der Waals surface area (Å²) < 4.78 is 5.45. The molecule has 2 unspecified atom stereocenters. The van der Waals surface area contributed by atoms with Crippen LogP contribution in [-0.4, -0.2) is 17.1 Å². The van der Waals surface area contributed by atoms with Gasteiger partial charge in [0, 0.05) is 0 Å². The van der Waals surface area contributed by atoms with Crippen LogP contribution in [0.15, 0.2) is 0 Å². The average Bonchev–Trinajstić information content (AvgIpc) is 2.16. The smallest absolute Gasteiger partial charge is 0.326 e. The van der Waals surface area contributed by atoms with E-state index in [0.717, 1.165) is 25.7 Å². The van der Waals surface area contributed by atoms with Gasteiger partial charge in [-0.3, -0.25) is 4.79 Å². The van der Waals surface area contributed by atoms with Gasteiger partial charge in [0.1, 0.15) is 11.1 Å². The summed E-state index contributed by atoms with van der Waals surface area (Å²) in [6.07, 6.45) is 4.98. The fraction of sp³-hybridized carbons (Fsp3) is 0.923. The van der Waals surface area contributed by atoms with Crippen molar-refractivity contribution in [1.82, 2.24) is 0 Å². The second kappa shape index (κ2) is 4.74. The van der Waals surface area contributed by atoms with Crippen molar-refractivity contribution < 1.29 is 9.53 Å². The number of esters is 1. The molecule has 2 atom stereocenters. The molecule has 1 aliphatic carbocycles. The molecule has 2 N–H and O–H groups in total. The van der Waals surface area contributed by atoms with E-state index in [1.54, 1.807) is 0 Å². The molecular weight excluding hydrogens is 202 g/mol. The van der Waals surface area contributed by atoms with Gasteiger partial charge in [0.05, 0.1) is 0 Å². The number of hydrogen-bond donors (Lipinski definition) is 1. The SMILES string of the molecule is CCC1CCCCC1(N)C(=O)OC(C)(C)C. The van der Waals surface area contributed by atoms with Crippen molar-refractivity contribution in [2.24, 2.45) is 11.7 Å². The summed E-state index contributed by atoms with van der Waals surface area (Å²) in [6.45, 7) is 7.76. The van der Waals surface area contributed by atoms with Crippen LogP contribution in [0.3, 0.4) is 0 Å². The fourth-order valence-corrected chi connectivity index (χ4v) is 2.48. The first kappa shape index (κ1) is 13.5. The summed E-state index contributed by atoms with van der Waals surface area (Å²) in [6, 6.07) is 0. The van der Waals surface area contributed by atoms with Crippen molar-refractivity contribution in [1.29, 1.82) is 0 Å². The maximum atomic E-state index is 12.2. The molecule has 0 heterocycles. The van der Waals surface area contributed by atoms with Crippen molar-refractivity contribution in [2.45, 2.75) is 70.9 Å². The first-order valence-electron chi connectivity index (χ1n) is 6.32. The first-order valence-corrected chi connectivity index (χ1v) is 6.32. The molecular formula is C13H25NO2. The van der Waals surface area contributed by atoms with Crippen LogP contribution in [0.2, 0.25) is 0 Å². The maximum Gasteiger partial charge on any atom is 0.326 e. The Morgan fingerprint density at radius 1 is 1.44 bits per heavy atom. The lowest BCUT2D eigenvalue weighted by molar-refractivity contribution is -0.165. The zero-order valence-electron chi connectivity index (χ0n) is 11.0. The Morgan fingerprint density at radius 3 is 2.56 bits per heavy atom. The highest BCUT2D eigenvalue weighted by Gasteiger charge is 2.45. The van der Waals surface area contributed by atoms with Crippen LogP contribution in [0, 0.1) is 5.92 Å². The van der Waals surface area contributed by atoms with Crippen molar-refractivity contribution >= 4 is 5.97 Å². The Labute approximate surface area is 98.7 Å². The van der Waals surface area contributed by atoms with Crippen LogP contribution in [0.4, 0.5) is 0 Å². The van der Waals surface area contributed by atoms with Gasteiger partial charge in [-0.2, -0.15) is 0 Å². The quantitative estimate of drug-likeness (QED) is 0.738. The van der Waals surface area contributed by atoms with E-state index in [2.05, 4.69) is 6.92 Å². The van der Waals surface area contributed by atoms with Crippen molar-refractivity contribution in [3.63, 3.8) is 0 Å². The first-order chi connectivity index (χ1) is 7.29. The van der Waals surface area contributed by atoms with E-state index in [-0.39, 0.29) is 11.9 Å². The van der Waals surface area contributed by atoms with Crippen LogP contribution in [0.5, 0.6) is 0 Å². The summed E-state index contributed by atoms with van der Waals surface area (Å²) in [5, 5.41) is 0. The van der Waals surface area contributed by atoms with Gasteiger partial charge in [0.15, 0.2) is 0 Å². The highest BCUT2D eigenvalue weighted by Crippen LogP contribution is 2.35. The molecule has 0 aromatic carbocycles. The molecule has 0 aromatic rings. The summed E-state index contributed by atoms with van der Waals surface area (Å²) in [5.41, 5.74) is 5.10. The van der Waals surface area contributed by atoms with Crippen molar-refractivity contribution in [2.75, 3.05) is 0 Å². The molecule has 1 fully saturated rings. The summed E-state index contributed by atoms with van der Waals surface area (Å²) in [7, 11) is 0. The van der Waals surface area contributed by atoms with Crippen LogP contribution in [0.1, 0.15) is 59.8 Å². The third-order valence-electron chi connectivity index (χ3n) is 3.39. The number of rotatable bonds is 2. The van der Waals surface area contributed by atoms with Gasteiger partial charge >= 0.3 is 5.97 Å². The molecule has 1 rings (SSSR count). The minimum atomic E-state index is -0.750. The second-order valence-corrected chi connectivity index (χ2v) is 5.89. The van der Waals surface area contributed by atoms with E-state index in [0.29, 0.717) is 0 Å². The standard InChI is InChI=1S/C13H25NO2/c1-5-10-8-6-7-9-13(10,14)11(15)16-12(2,3)4/h10H,5-9,14H2,1-4H3. The van der Waals surface area contributed by atoms with E-state index in [1.165, 1.54) is 6.42 Å². The largest absolute Gasteiger partial charge is 0.459 e. The minimum absolute atomic E-state index is 0.216. The van der Waals surface area contributed by atoms with Gasteiger partial charge in [-0.05, 0) is 39.5 Å². The van der Waals surface area contributed by atoms with Crippen LogP contribution >= 0.6 is 0 Å². The predicted octanol–water partition coefficient (Wildman–Crippen LogP) is 2.63. The van der Waals surface area contributed by atoms with Gasteiger partial charge in [-0.1, -0.05) is 26.2 Å². The summed E-state index contributed by atoms with van der Waals surface area (Å²) in [5.74, 6) is 0.0580. The number of carbonyl (C=O) groups is 1. The number of carbonyl (C=O) groups excluding carboxylic acids is 1. The molecule has 94 valence electrons. The maximum absolute atomic E-state index is 12.2. The molecule has 0 aliphatic heterocycles. The Balaban J connectivity index is 2.77.